The number of aryl methyl sites for hydroxylation is 1. The lowest BCUT2D eigenvalue weighted by molar-refractivity contribution is -0.692. The van der Waals surface area contributed by atoms with E-state index in [1.807, 2.05) is 65.8 Å². The Labute approximate surface area is 169 Å². The van der Waals surface area contributed by atoms with Crippen LogP contribution in [0.5, 0.6) is 0 Å². The van der Waals surface area contributed by atoms with Crippen LogP contribution >= 0.6 is 11.8 Å². The largest absolute Gasteiger partial charge is 0.395 e. The minimum absolute atomic E-state index is 0.0297. The Kier molecular flexibility index (Phi) is 9.37. The number of carbonyl (C=O) groups excluding carboxylic acids is 1. The summed E-state index contributed by atoms with van der Waals surface area (Å²) in [4.78, 5) is 23.3. The smallest absolute Gasteiger partial charge is 0.186 e. The first-order valence-electron chi connectivity index (χ1n) is 9.18. The highest BCUT2D eigenvalue weighted by molar-refractivity contribution is 8.13. The quantitative estimate of drug-likeness (QED) is 0.464. The summed E-state index contributed by atoms with van der Waals surface area (Å²) in [5.74, 6) is 0.776. The summed E-state index contributed by atoms with van der Waals surface area (Å²) in [6.07, 6.45) is 8.11. The Bertz CT molecular complexity index is 776. The average molecular weight is 401 g/mol. The Hall–Kier alpha value is -2.51. The molecule has 6 nitrogen and oxygen atoms in total. The molecule has 0 spiro atoms. The molecule has 0 bridgehead atoms. The van der Waals surface area contributed by atoms with Gasteiger partial charge in [0.15, 0.2) is 24.1 Å². The lowest BCUT2D eigenvalue weighted by atomic mass is 10.1. The molecule has 148 valence electrons. The lowest BCUT2D eigenvalue weighted by Crippen LogP contribution is -2.33. The molecule has 28 heavy (non-hydrogen) atoms. The molecule has 0 saturated heterocycles. The van der Waals surface area contributed by atoms with E-state index in [2.05, 4.69) is 9.74 Å². The van der Waals surface area contributed by atoms with Gasteiger partial charge in [0.2, 0.25) is 0 Å². The fraction of sp³-hybridized carbons (Fsp3) is 0.333. The zero-order valence-corrected chi connectivity index (χ0v) is 16.8. The van der Waals surface area contributed by atoms with Gasteiger partial charge in [0.05, 0.1) is 18.9 Å². The first-order chi connectivity index (χ1) is 13.6. The van der Waals surface area contributed by atoms with E-state index in [1.54, 1.807) is 6.92 Å². The molecular weight excluding hydrogens is 374 g/mol. The predicted molar refractivity (Wildman–Crippen MR) is 115 cm³/mol. The highest BCUT2D eigenvalue weighted by Crippen LogP contribution is 2.16. The standard InChI is InChI=1S/C21H26N3O3S/c1-18(26)28-17-15-23-11-8-20(9-12-23)3-2-19-4-6-21(7-5-19)24(14-16-25)13-10-22-27/h2-9,11-12,25H,10,13-17H2,1H3/q+1. The van der Waals surface area contributed by atoms with Crippen molar-refractivity contribution in [2.24, 2.45) is 5.18 Å². The molecule has 2 aromatic rings. The van der Waals surface area contributed by atoms with Crippen molar-refractivity contribution in [2.45, 2.75) is 13.5 Å². The number of pyridine rings is 1. The molecular formula is C21H26N3O3S+. The maximum Gasteiger partial charge on any atom is 0.186 e. The van der Waals surface area contributed by atoms with Crippen LogP contribution in [0.3, 0.4) is 0 Å². The zero-order chi connectivity index (χ0) is 20.2. The van der Waals surface area contributed by atoms with Crippen molar-refractivity contribution >= 4 is 34.7 Å². The number of nitrogens with zero attached hydrogens (tertiary/aromatic N) is 3. The number of aliphatic hydroxyl groups is 1. The van der Waals surface area contributed by atoms with E-state index in [4.69, 9.17) is 0 Å². The van der Waals surface area contributed by atoms with E-state index in [9.17, 15) is 14.8 Å². The van der Waals surface area contributed by atoms with E-state index < -0.39 is 0 Å². The SMILES string of the molecule is CC(=O)SCC[n+]1ccc(/C=C/c2ccc(N(CCO)CCN=O)cc2)cc1. The van der Waals surface area contributed by atoms with Crippen LogP contribution in [0.25, 0.3) is 12.2 Å². The number of thioether (sulfide) groups is 1. The molecule has 0 aliphatic heterocycles. The number of aliphatic hydroxyl groups excluding tert-OH is 1. The Morgan fingerprint density at radius 3 is 2.32 bits per heavy atom. The second-order valence-electron chi connectivity index (χ2n) is 6.20. The van der Waals surface area contributed by atoms with Crippen LogP contribution in [0.15, 0.2) is 54.0 Å². The molecule has 1 heterocycles. The molecule has 0 radical (unpaired) electrons. The second-order valence-corrected chi connectivity index (χ2v) is 7.47. The van der Waals surface area contributed by atoms with Gasteiger partial charge in [0, 0.05) is 37.8 Å². The van der Waals surface area contributed by atoms with Gasteiger partial charge in [0.1, 0.15) is 0 Å². The van der Waals surface area contributed by atoms with Crippen LogP contribution in [-0.4, -0.2) is 42.2 Å². The van der Waals surface area contributed by atoms with Gasteiger partial charge in [-0.1, -0.05) is 41.2 Å². The molecule has 0 fully saturated rings. The maximum absolute atomic E-state index is 11.0. The first kappa shape index (κ1) is 21.8. The minimum atomic E-state index is 0.0297. The van der Waals surface area contributed by atoms with E-state index in [1.165, 1.54) is 11.8 Å². The highest BCUT2D eigenvalue weighted by Gasteiger charge is 2.05. The van der Waals surface area contributed by atoms with E-state index in [0.29, 0.717) is 13.1 Å². The summed E-state index contributed by atoms with van der Waals surface area (Å²) >= 11 is 1.34. The van der Waals surface area contributed by atoms with Crippen molar-refractivity contribution < 1.29 is 14.5 Å². The molecule has 0 aliphatic carbocycles. The van der Waals surface area contributed by atoms with Crippen LogP contribution in [0, 0.1) is 4.91 Å². The van der Waals surface area contributed by atoms with Gasteiger partial charge < -0.3 is 10.0 Å². The molecule has 1 N–H and O–H groups in total. The first-order valence-corrected chi connectivity index (χ1v) is 10.2. The summed E-state index contributed by atoms with van der Waals surface area (Å²) in [5, 5.41) is 12.2. The van der Waals surface area contributed by atoms with Gasteiger partial charge in [-0.2, -0.15) is 4.91 Å². The van der Waals surface area contributed by atoms with Gasteiger partial charge in [-0.25, -0.2) is 4.57 Å². The van der Waals surface area contributed by atoms with Gasteiger partial charge in [-0.15, -0.1) is 0 Å². The summed E-state index contributed by atoms with van der Waals surface area (Å²) < 4.78 is 2.06. The number of anilines is 1. The molecule has 0 amide bonds. The Balaban J connectivity index is 1.94. The van der Waals surface area contributed by atoms with Crippen LogP contribution in [0.2, 0.25) is 0 Å². The second kappa shape index (κ2) is 12.0. The monoisotopic (exact) mass is 400 g/mol. The van der Waals surface area contributed by atoms with Crippen molar-refractivity contribution in [3.63, 3.8) is 0 Å². The number of benzene rings is 1. The number of aromatic nitrogens is 1. The average Bonchev–Trinajstić information content (AvgIpc) is 2.71. The van der Waals surface area contributed by atoms with Crippen LogP contribution in [-0.2, 0) is 11.3 Å². The molecule has 1 aromatic heterocycles. The number of rotatable bonds is 11. The fourth-order valence-corrected chi connectivity index (χ4v) is 3.25. The van der Waals surface area contributed by atoms with Gasteiger partial charge in [-0.3, -0.25) is 4.79 Å². The zero-order valence-electron chi connectivity index (χ0n) is 16.0. The number of hydrogen-bond acceptors (Lipinski definition) is 6. The van der Waals surface area contributed by atoms with Crippen LogP contribution < -0.4 is 9.47 Å². The van der Waals surface area contributed by atoms with Crippen molar-refractivity contribution in [3.8, 4) is 0 Å². The molecule has 7 heteroatoms. The Morgan fingerprint density at radius 1 is 1.11 bits per heavy atom. The summed E-state index contributed by atoms with van der Waals surface area (Å²) in [7, 11) is 0. The molecule has 0 unspecified atom stereocenters. The lowest BCUT2D eigenvalue weighted by Gasteiger charge is -2.22. The molecule has 0 aliphatic rings. The van der Waals surface area contributed by atoms with Crippen LogP contribution in [0.4, 0.5) is 5.69 Å². The molecule has 0 atom stereocenters. The maximum atomic E-state index is 11.0. The fourth-order valence-electron chi connectivity index (χ4n) is 2.66. The molecule has 2 rings (SSSR count). The third-order valence-electron chi connectivity index (χ3n) is 4.13. The van der Waals surface area contributed by atoms with Crippen molar-refractivity contribution in [1.82, 2.24) is 0 Å². The molecule has 1 aromatic carbocycles. The number of nitroso groups, excluding NO2 is 1. The third-order valence-corrected chi connectivity index (χ3v) is 4.92. The topological polar surface area (TPSA) is 73.8 Å². The Morgan fingerprint density at radius 2 is 1.75 bits per heavy atom. The molecule has 0 saturated carbocycles. The van der Waals surface area contributed by atoms with E-state index in [0.717, 1.165) is 29.1 Å². The van der Waals surface area contributed by atoms with E-state index >= 15 is 0 Å². The normalized spacial score (nSPS) is 10.9. The summed E-state index contributed by atoms with van der Waals surface area (Å²) in [5.41, 5.74) is 3.12. The summed E-state index contributed by atoms with van der Waals surface area (Å²) in [6, 6.07) is 12.0. The van der Waals surface area contributed by atoms with Crippen LogP contribution in [0.1, 0.15) is 18.1 Å². The summed E-state index contributed by atoms with van der Waals surface area (Å²) in [6.45, 7) is 3.58. The van der Waals surface area contributed by atoms with Crippen molar-refractivity contribution in [3.05, 3.63) is 64.8 Å². The number of carbonyl (C=O) groups is 1. The number of hydrogen-bond donors (Lipinski definition) is 1. The predicted octanol–water partition coefficient (Wildman–Crippen LogP) is 2.99. The minimum Gasteiger partial charge on any atom is -0.395 e. The van der Waals surface area contributed by atoms with Gasteiger partial charge in [-0.05, 0) is 23.3 Å². The third kappa shape index (κ3) is 7.62. The van der Waals surface area contributed by atoms with Gasteiger partial charge >= 0.3 is 0 Å². The van der Waals surface area contributed by atoms with Gasteiger partial charge in [0.25, 0.3) is 0 Å². The highest BCUT2D eigenvalue weighted by atomic mass is 32.2. The van der Waals surface area contributed by atoms with E-state index in [-0.39, 0.29) is 18.3 Å². The van der Waals surface area contributed by atoms with Crippen molar-refractivity contribution in [2.75, 3.05) is 36.9 Å². The van der Waals surface area contributed by atoms with Crippen molar-refractivity contribution in [1.29, 1.82) is 0 Å².